The summed E-state index contributed by atoms with van der Waals surface area (Å²) in [5.41, 5.74) is 0. The number of hydrogen-bond acceptors (Lipinski definition) is 3. The highest BCUT2D eigenvalue weighted by Crippen LogP contribution is 2.01. The molecule has 1 aliphatic rings. The third-order valence-electron chi connectivity index (χ3n) is 1.42. The number of carbonyl (C=O) groups excluding carboxylic acids is 1. The van der Waals surface area contributed by atoms with Gasteiger partial charge >= 0.3 is 0 Å². The van der Waals surface area contributed by atoms with Crippen molar-refractivity contribution >= 4 is 5.91 Å². The van der Waals surface area contributed by atoms with Crippen molar-refractivity contribution in [1.82, 2.24) is 4.90 Å². The number of aliphatic hydroxyl groups is 1. The number of aliphatic hydroxyl groups excluding tert-OH is 1. The van der Waals surface area contributed by atoms with Crippen LogP contribution >= 0.6 is 0 Å². The van der Waals surface area contributed by atoms with E-state index in [1.54, 1.807) is 0 Å². The topological polar surface area (TPSA) is 49.8 Å². The average Bonchev–Trinajstić information content (AvgIpc) is 2.36. The fourth-order valence-corrected chi connectivity index (χ4v) is 0.852. The lowest BCUT2D eigenvalue weighted by molar-refractivity contribution is -0.139. The molecule has 4 nitrogen and oxygen atoms in total. The molecule has 1 aliphatic heterocycles. The highest BCUT2D eigenvalue weighted by atomic mass is 16.5. The lowest BCUT2D eigenvalue weighted by atomic mass is 10.3. The minimum atomic E-state index is -0.901. The first kappa shape index (κ1) is 7.50. The summed E-state index contributed by atoms with van der Waals surface area (Å²) in [6.07, 6.45) is -0.901. The van der Waals surface area contributed by atoms with Gasteiger partial charge in [-0.25, -0.2) is 0 Å². The Morgan fingerprint density at radius 3 is 2.90 bits per heavy atom. The highest BCUT2D eigenvalue weighted by Gasteiger charge is 2.21. The molecule has 1 heterocycles. The molecule has 1 fully saturated rings. The lowest BCUT2D eigenvalue weighted by Gasteiger charge is -2.14. The smallest absolute Gasteiger partial charge is 0.253 e. The molecule has 0 spiro atoms. The fraction of sp³-hybridized carbons (Fsp3) is 0.833. The van der Waals surface area contributed by atoms with Crippen molar-refractivity contribution in [3.8, 4) is 0 Å². The number of rotatable bonds is 1. The standard InChI is InChI=1S/C6H11NO3/c1-5(8)6(9)7-2-3-10-4-7/h5,8H,2-4H2,1H3. The summed E-state index contributed by atoms with van der Waals surface area (Å²) in [6.45, 7) is 2.96. The van der Waals surface area contributed by atoms with Gasteiger partial charge in [-0.05, 0) is 6.92 Å². The molecule has 0 aromatic carbocycles. The molecule has 0 aliphatic carbocycles. The molecule has 1 unspecified atom stereocenters. The number of nitrogens with zero attached hydrogens (tertiary/aromatic N) is 1. The Morgan fingerprint density at radius 2 is 2.50 bits per heavy atom. The zero-order chi connectivity index (χ0) is 7.56. The van der Waals surface area contributed by atoms with Crippen molar-refractivity contribution in [3.05, 3.63) is 0 Å². The third kappa shape index (κ3) is 1.46. The Labute approximate surface area is 59.4 Å². The number of amides is 1. The summed E-state index contributed by atoms with van der Waals surface area (Å²) in [4.78, 5) is 12.4. The second-order valence-corrected chi connectivity index (χ2v) is 2.32. The molecule has 1 rings (SSSR count). The number of hydrogen-bond donors (Lipinski definition) is 1. The second-order valence-electron chi connectivity index (χ2n) is 2.32. The van der Waals surface area contributed by atoms with E-state index in [1.807, 2.05) is 0 Å². The van der Waals surface area contributed by atoms with Crippen molar-refractivity contribution in [2.75, 3.05) is 19.9 Å². The predicted octanol–water partition coefficient (Wildman–Crippen LogP) is -0.817. The lowest BCUT2D eigenvalue weighted by Crippen LogP contribution is -2.35. The van der Waals surface area contributed by atoms with Gasteiger partial charge in [0.1, 0.15) is 12.8 Å². The van der Waals surface area contributed by atoms with Crippen LogP contribution in [0, 0.1) is 0 Å². The van der Waals surface area contributed by atoms with Gasteiger partial charge in [-0.15, -0.1) is 0 Å². The highest BCUT2D eigenvalue weighted by molar-refractivity contribution is 5.80. The normalized spacial score (nSPS) is 21.2. The molecular formula is C6H11NO3. The van der Waals surface area contributed by atoms with Crippen LogP contribution in [0.1, 0.15) is 6.92 Å². The molecule has 10 heavy (non-hydrogen) atoms. The molecule has 4 heteroatoms. The minimum absolute atomic E-state index is 0.252. The summed E-state index contributed by atoms with van der Waals surface area (Å²) in [7, 11) is 0. The molecule has 0 saturated carbocycles. The molecule has 0 radical (unpaired) electrons. The first-order valence-electron chi connectivity index (χ1n) is 3.26. The van der Waals surface area contributed by atoms with E-state index in [-0.39, 0.29) is 5.91 Å². The SMILES string of the molecule is CC(O)C(=O)N1CCOC1. The zero-order valence-corrected chi connectivity index (χ0v) is 5.91. The van der Waals surface area contributed by atoms with Crippen LogP contribution in [0.3, 0.4) is 0 Å². The van der Waals surface area contributed by atoms with Gasteiger partial charge in [0.2, 0.25) is 0 Å². The van der Waals surface area contributed by atoms with Crippen molar-refractivity contribution in [2.45, 2.75) is 13.0 Å². The van der Waals surface area contributed by atoms with Gasteiger partial charge in [0.05, 0.1) is 6.61 Å². The van der Waals surface area contributed by atoms with E-state index in [0.29, 0.717) is 19.9 Å². The van der Waals surface area contributed by atoms with Crippen LogP contribution in [0.2, 0.25) is 0 Å². The van der Waals surface area contributed by atoms with Gasteiger partial charge in [-0.3, -0.25) is 4.79 Å². The predicted molar refractivity (Wildman–Crippen MR) is 34.2 cm³/mol. The number of ether oxygens (including phenoxy) is 1. The van der Waals surface area contributed by atoms with Gasteiger partial charge in [-0.2, -0.15) is 0 Å². The van der Waals surface area contributed by atoms with Crippen LogP contribution in [0.25, 0.3) is 0 Å². The molecule has 0 aromatic rings. The van der Waals surface area contributed by atoms with Crippen molar-refractivity contribution < 1.29 is 14.6 Å². The maximum atomic E-state index is 10.9. The summed E-state index contributed by atoms with van der Waals surface area (Å²) in [5, 5.41) is 8.83. The van der Waals surface area contributed by atoms with Crippen LogP contribution < -0.4 is 0 Å². The molecule has 58 valence electrons. The molecule has 1 atom stereocenters. The van der Waals surface area contributed by atoms with Gasteiger partial charge in [0.25, 0.3) is 5.91 Å². The zero-order valence-electron chi connectivity index (χ0n) is 5.91. The van der Waals surface area contributed by atoms with Crippen molar-refractivity contribution in [1.29, 1.82) is 0 Å². The molecule has 0 aromatic heterocycles. The molecule has 1 N–H and O–H groups in total. The van der Waals surface area contributed by atoms with Crippen LogP contribution in [0.5, 0.6) is 0 Å². The summed E-state index contributed by atoms with van der Waals surface area (Å²) >= 11 is 0. The van der Waals surface area contributed by atoms with E-state index in [9.17, 15) is 4.79 Å². The van der Waals surface area contributed by atoms with E-state index in [2.05, 4.69) is 0 Å². The van der Waals surface area contributed by atoms with Crippen molar-refractivity contribution in [3.63, 3.8) is 0 Å². The summed E-state index contributed by atoms with van der Waals surface area (Å²) in [6, 6.07) is 0. The Hall–Kier alpha value is -0.610. The van der Waals surface area contributed by atoms with Crippen LogP contribution in [0.4, 0.5) is 0 Å². The van der Waals surface area contributed by atoms with Gasteiger partial charge in [0, 0.05) is 6.54 Å². The molecular weight excluding hydrogens is 134 g/mol. The van der Waals surface area contributed by atoms with E-state index in [4.69, 9.17) is 9.84 Å². The Balaban J connectivity index is 2.40. The second kappa shape index (κ2) is 2.98. The average molecular weight is 145 g/mol. The Morgan fingerprint density at radius 1 is 1.80 bits per heavy atom. The van der Waals surface area contributed by atoms with Gasteiger partial charge in [-0.1, -0.05) is 0 Å². The van der Waals surface area contributed by atoms with E-state index >= 15 is 0 Å². The molecule has 1 amide bonds. The van der Waals surface area contributed by atoms with Crippen LogP contribution in [-0.2, 0) is 9.53 Å². The van der Waals surface area contributed by atoms with Gasteiger partial charge in [0.15, 0.2) is 0 Å². The van der Waals surface area contributed by atoms with E-state index in [1.165, 1.54) is 11.8 Å². The maximum absolute atomic E-state index is 10.9. The van der Waals surface area contributed by atoms with Crippen molar-refractivity contribution in [2.24, 2.45) is 0 Å². The number of carbonyl (C=O) groups is 1. The van der Waals surface area contributed by atoms with Gasteiger partial charge < -0.3 is 14.7 Å². The summed E-state index contributed by atoms with van der Waals surface area (Å²) < 4.78 is 4.92. The summed E-state index contributed by atoms with van der Waals surface area (Å²) in [5.74, 6) is -0.252. The monoisotopic (exact) mass is 145 g/mol. The quantitative estimate of drug-likeness (QED) is 0.524. The van der Waals surface area contributed by atoms with E-state index < -0.39 is 6.10 Å². The van der Waals surface area contributed by atoms with E-state index in [0.717, 1.165) is 0 Å². The molecule has 0 bridgehead atoms. The third-order valence-corrected chi connectivity index (χ3v) is 1.42. The first-order chi connectivity index (χ1) is 4.72. The molecule has 1 saturated heterocycles. The van der Waals surface area contributed by atoms with Crippen LogP contribution in [0.15, 0.2) is 0 Å². The Bertz CT molecular complexity index is 129. The first-order valence-corrected chi connectivity index (χ1v) is 3.26. The van der Waals surface area contributed by atoms with Crippen LogP contribution in [-0.4, -0.2) is 41.9 Å². The largest absolute Gasteiger partial charge is 0.384 e. The maximum Gasteiger partial charge on any atom is 0.253 e. The minimum Gasteiger partial charge on any atom is -0.384 e. The Kier molecular flexibility index (Phi) is 2.24. The fourth-order valence-electron chi connectivity index (χ4n) is 0.852.